The zero-order valence-corrected chi connectivity index (χ0v) is 20.3. The number of hydrogen-bond acceptors (Lipinski definition) is 4. The van der Waals surface area contributed by atoms with E-state index in [-0.39, 0.29) is 17.4 Å². The van der Waals surface area contributed by atoms with Gasteiger partial charge in [-0.2, -0.15) is 0 Å². The zero-order valence-electron chi connectivity index (χ0n) is 20.3. The number of hydrogen-bond donors (Lipinski definition) is 1. The molecule has 2 saturated heterocycles. The van der Waals surface area contributed by atoms with E-state index < -0.39 is 17.5 Å². The van der Waals surface area contributed by atoms with E-state index in [0.717, 1.165) is 45.3 Å². The fourth-order valence-corrected chi connectivity index (χ4v) is 5.76. The van der Waals surface area contributed by atoms with Crippen LogP contribution >= 0.6 is 0 Å². The van der Waals surface area contributed by atoms with Gasteiger partial charge in [0.2, 0.25) is 0 Å². The minimum absolute atomic E-state index is 0.0236. The SMILES string of the molecule is CC(C)(C)OC(=O)N1CCCC(C(CCN2CCC3(C=Cc4ccccc43)CC2)C(=O)O)C1. The van der Waals surface area contributed by atoms with E-state index in [9.17, 15) is 14.7 Å². The number of fused-ring (bicyclic) bond motifs is 2. The highest BCUT2D eigenvalue weighted by Crippen LogP contribution is 2.43. The van der Waals surface area contributed by atoms with Crippen molar-refractivity contribution in [3.05, 3.63) is 41.5 Å². The van der Waals surface area contributed by atoms with E-state index in [2.05, 4.69) is 41.3 Å². The Morgan fingerprint density at radius 1 is 1.18 bits per heavy atom. The number of carboxylic acid groups (broad SMARTS) is 1. The van der Waals surface area contributed by atoms with Crippen molar-refractivity contribution in [3.63, 3.8) is 0 Å². The average Bonchev–Trinajstić information content (AvgIpc) is 3.12. The number of benzene rings is 1. The first kappa shape index (κ1) is 23.8. The molecule has 2 unspecified atom stereocenters. The number of likely N-dealkylation sites (tertiary alicyclic amines) is 2. The Hall–Kier alpha value is -2.34. The molecule has 2 atom stereocenters. The van der Waals surface area contributed by atoms with Crippen LogP contribution < -0.4 is 0 Å². The summed E-state index contributed by atoms with van der Waals surface area (Å²) in [7, 11) is 0. The molecule has 180 valence electrons. The summed E-state index contributed by atoms with van der Waals surface area (Å²) in [4.78, 5) is 28.8. The summed E-state index contributed by atoms with van der Waals surface area (Å²) in [6.07, 6.45) is 8.76. The van der Waals surface area contributed by atoms with Crippen LogP contribution in [0.4, 0.5) is 4.79 Å². The number of allylic oxidation sites excluding steroid dienone is 1. The first-order valence-electron chi connectivity index (χ1n) is 12.4. The molecule has 1 aromatic rings. The number of carbonyl (C=O) groups is 2. The Balaban J connectivity index is 1.31. The van der Waals surface area contributed by atoms with Crippen molar-refractivity contribution in [2.45, 2.75) is 63.9 Å². The highest BCUT2D eigenvalue weighted by Gasteiger charge is 2.39. The number of aliphatic carboxylic acids is 1. The van der Waals surface area contributed by atoms with Gasteiger partial charge in [0.25, 0.3) is 0 Å². The van der Waals surface area contributed by atoms with Gasteiger partial charge in [-0.1, -0.05) is 36.4 Å². The second kappa shape index (κ2) is 9.49. The van der Waals surface area contributed by atoms with Gasteiger partial charge in [-0.05, 0) is 89.6 Å². The maximum absolute atomic E-state index is 12.5. The van der Waals surface area contributed by atoms with Crippen LogP contribution in [0.15, 0.2) is 30.3 Å². The molecule has 6 nitrogen and oxygen atoms in total. The van der Waals surface area contributed by atoms with Crippen LogP contribution in [0.25, 0.3) is 6.08 Å². The van der Waals surface area contributed by atoms with Crippen LogP contribution in [0.5, 0.6) is 0 Å². The summed E-state index contributed by atoms with van der Waals surface area (Å²) in [5.74, 6) is -1.20. The largest absolute Gasteiger partial charge is 0.481 e. The second-order valence-corrected chi connectivity index (χ2v) is 11.0. The number of rotatable bonds is 5. The summed E-state index contributed by atoms with van der Waals surface area (Å²) in [5.41, 5.74) is 2.38. The van der Waals surface area contributed by atoms with Crippen molar-refractivity contribution in [2.24, 2.45) is 11.8 Å². The maximum Gasteiger partial charge on any atom is 0.410 e. The summed E-state index contributed by atoms with van der Waals surface area (Å²) >= 11 is 0. The van der Waals surface area contributed by atoms with Crippen LogP contribution in [-0.4, -0.2) is 65.3 Å². The minimum atomic E-state index is -0.743. The zero-order chi connectivity index (χ0) is 23.6. The number of amides is 1. The maximum atomic E-state index is 12.5. The molecule has 1 aromatic carbocycles. The van der Waals surface area contributed by atoms with Crippen LogP contribution in [0, 0.1) is 11.8 Å². The average molecular weight is 455 g/mol. The monoisotopic (exact) mass is 454 g/mol. The summed E-state index contributed by atoms with van der Waals surface area (Å²) in [5, 5.41) is 9.98. The standard InChI is InChI=1S/C27H38N2O4/c1-26(2,3)33-25(32)29-15-6-8-21(19-29)22(24(30)31)11-16-28-17-13-27(14-18-28)12-10-20-7-4-5-9-23(20)27/h4-5,7,9-10,12,21-22H,6,8,11,13-19H2,1-3H3,(H,30,31). The molecule has 1 aliphatic carbocycles. The smallest absolute Gasteiger partial charge is 0.410 e. The van der Waals surface area contributed by atoms with Crippen molar-refractivity contribution >= 4 is 18.1 Å². The molecule has 0 bridgehead atoms. The number of piperidine rings is 2. The molecule has 1 N–H and O–H groups in total. The molecule has 0 saturated carbocycles. The molecule has 1 spiro atoms. The lowest BCUT2D eigenvalue weighted by atomic mass is 9.74. The Kier molecular flexibility index (Phi) is 6.85. The van der Waals surface area contributed by atoms with Gasteiger partial charge >= 0.3 is 12.1 Å². The van der Waals surface area contributed by atoms with Gasteiger partial charge in [0.1, 0.15) is 5.60 Å². The topological polar surface area (TPSA) is 70.1 Å². The van der Waals surface area contributed by atoms with Gasteiger partial charge < -0.3 is 19.6 Å². The molecule has 2 aliphatic heterocycles. The highest BCUT2D eigenvalue weighted by atomic mass is 16.6. The molecule has 2 heterocycles. The van der Waals surface area contributed by atoms with Gasteiger partial charge in [-0.3, -0.25) is 4.79 Å². The molecule has 4 rings (SSSR count). The van der Waals surface area contributed by atoms with Gasteiger partial charge in [0.05, 0.1) is 5.92 Å². The molecule has 0 aromatic heterocycles. The van der Waals surface area contributed by atoms with Crippen molar-refractivity contribution < 1.29 is 19.4 Å². The Morgan fingerprint density at radius 2 is 1.91 bits per heavy atom. The first-order valence-corrected chi connectivity index (χ1v) is 12.4. The molecular formula is C27H38N2O4. The van der Waals surface area contributed by atoms with Crippen LogP contribution in [0.3, 0.4) is 0 Å². The predicted octanol–water partition coefficient (Wildman–Crippen LogP) is 4.79. The third-order valence-electron chi connectivity index (χ3n) is 7.58. The van der Waals surface area contributed by atoms with E-state index in [0.29, 0.717) is 19.5 Å². The number of carboxylic acids is 1. The molecule has 3 aliphatic rings. The van der Waals surface area contributed by atoms with Gasteiger partial charge in [0, 0.05) is 18.5 Å². The van der Waals surface area contributed by atoms with Crippen molar-refractivity contribution in [1.29, 1.82) is 0 Å². The lowest BCUT2D eigenvalue weighted by Crippen LogP contribution is -2.46. The summed E-state index contributed by atoms with van der Waals surface area (Å²) in [6.45, 7) is 9.44. The van der Waals surface area contributed by atoms with Crippen molar-refractivity contribution in [2.75, 3.05) is 32.7 Å². The molecule has 33 heavy (non-hydrogen) atoms. The van der Waals surface area contributed by atoms with E-state index >= 15 is 0 Å². The van der Waals surface area contributed by atoms with E-state index in [1.54, 1.807) is 4.90 Å². The van der Waals surface area contributed by atoms with E-state index in [1.165, 1.54) is 11.1 Å². The quantitative estimate of drug-likeness (QED) is 0.693. The highest BCUT2D eigenvalue weighted by molar-refractivity contribution is 5.71. The third-order valence-corrected chi connectivity index (χ3v) is 7.58. The van der Waals surface area contributed by atoms with Crippen LogP contribution in [-0.2, 0) is 14.9 Å². The lowest BCUT2D eigenvalue weighted by Gasteiger charge is -2.40. The molecule has 2 fully saturated rings. The van der Waals surface area contributed by atoms with E-state index in [1.807, 2.05) is 20.8 Å². The van der Waals surface area contributed by atoms with E-state index in [4.69, 9.17) is 4.74 Å². The first-order chi connectivity index (χ1) is 15.7. The van der Waals surface area contributed by atoms with Crippen LogP contribution in [0.2, 0.25) is 0 Å². The second-order valence-electron chi connectivity index (χ2n) is 11.0. The number of nitrogens with zero attached hydrogens (tertiary/aromatic N) is 2. The number of ether oxygens (including phenoxy) is 1. The lowest BCUT2D eigenvalue weighted by molar-refractivity contribution is -0.145. The molecule has 0 radical (unpaired) electrons. The van der Waals surface area contributed by atoms with Gasteiger partial charge in [0.15, 0.2) is 0 Å². The normalized spacial score (nSPS) is 23.4. The van der Waals surface area contributed by atoms with Crippen LogP contribution in [0.1, 0.15) is 64.0 Å². The van der Waals surface area contributed by atoms with Crippen molar-refractivity contribution in [1.82, 2.24) is 9.80 Å². The van der Waals surface area contributed by atoms with Gasteiger partial charge in [-0.15, -0.1) is 0 Å². The van der Waals surface area contributed by atoms with Crippen molar-refractivity contribution in [3.8, 4) is 0 Å². The fraction of sp³-hybridized carbons (Fsp3) is 0.630. The Labute approximate surface area is 197 Å². The molecule has 1 amide bonds. The Bertz CT molecular complexity index is 896. The predicted molar refractivity (Wildman–Crippen MR) is 129 cm³/mol. The third kappa shape index (κ3) is 5.43. The summed E-state index contributed by atoms with van der Waals surface area (Å²) in [6, 6.07) is 8.67. The fourth-order valence-electron chi connectivity index (χ4n) is 5.76. The summed E-state index contributed by atoms with van der Waals surface area (Å²) < 4.78 is 5.52. The molecular weight excluding hydrogens is 416 g/mol. The molecule has 6 heteroatoms. The minimum Gasteiger partial charge on any atom is -0.481 e. The number of carbonyl (C=O) groups excluding carboxylic acids is 1. The van der Waals surface area contributed by atoms with Gasteiger partial charge in [-0.25, -0.2) is 4.79 Å². The Morgan fingerprint density at radius 3 is 2.61 bits per heavy atom.